The molecular formula is C26H40IN7. The van der Waals surface area contributed by atoms with Crippen LogP contribution in [0, 0.1) is 0 Å². The summed E-state index contributed by atoms with van der Waals surface area (Å²) in [5.41, 5.74) is 1.26. The van der Waals surface area contributed by atoms with Crippen molar-refractivity contribution in [2.24, 2.45) is 4.99 Å². The molecule has 7 nitrogen and oxygen atoms in total. The monoisotopic (exact) mass is 577 g/mol. The lowest BCUT2D eigenvalue weighted by Gasteiger charge is -2.36. The zero-order chi connectivity index (χ0) is 22.7. The van der Waals surface area contributed by atoms with Crippen LogP contribution in [0.4, 0.5) is 0 Å². The highest BCUT2D eigenvalue weighted by atomic mass is 127. The Kier molecular flexibility index (Phi) is 11.3. The average molecular weight is 578 g/mol. The summed E-state index contributed by atoms with van der Waals surface area (Å²) in [6.07, 6.45) is 11.3. The zero-order valence-corrected chi connectivity index (χ0v) is 22.9. The van der Waals surface area contributed by atoms with Gasteiger partial charge in [-0.15, -0.1) is 34.2 Å². The van der Waals surface area contributed by atoms with Crippen molar-refractivity contribution in [3.05, 3.63) is 53.6 Å². The van der Waals surface area contributed by atoms with E-state index in [-0.39, 0.29) is 24.0 Å². The van der Waals surface area contributed by atoms with E-state index in [1.807, 2.05) is 0 Å². The fourth-order valence-corrected chi connectivity index (χ4v) is 4.62. The maximum absolute atomic E-state index is 4.94. The Balaban J connectivity index is 0.00000324. The highest BCUT2D eigenvalue weighted by Crippen LogP contribution is 2.15. The van der Waals surface area contributed by atoms with Gasteiger partial charge in [0.1, 0.15) is 11.6 Å². The van der Waals surface area contributed by atoms with Gasteiger partial charge >= 0.3 is 0 Å². The van der Waals surface area contributed by atoms with Crippen LogP contribution in [0.3, 0.4) is 0 Å². The summed E-state index contributed by atoms with van der Waals surface area (Å²) in [6, 6.07) is 10.5. The fraction of sp³-hybridized carbons (Fsp3) is 0.577. The van der Waals surface area contributed by atoms with Crippen LogP contribution in [0.1, 0.15) is 49.8 Å². The Labute approximate surface area is 221 Å². The largest absolute Gasteiger partial charge is 0.357 e. The number of aryl methyl sites for hydroxylation is 2. The normalized spacial score (nSPS) is 17.3. The van der Waals surface area contributed by atoms with E-state index in [0.29, 0.717) is 0 Å². The third-order valence-corrected chi connectivity index (χ3v) is 6.49. The summed E-state index contributed by atoms with van der Waals surface area (Å²) in [5, 5.41) is 12.4. The highest BCUT2D eigenvalue weighted by molar-refractivity contribution is 14.0. The summed E-state index contributed by atoms with van der Waals surface area (Å²) >= 11 is 0. The Hall–Kier alpha value is -1.94. The van der Waals surface area contributed by atoms with Gasteiger partial charge in [0.25, 0.3) is 0 Å². The molecule has 2 aliphatic rings. The number of hydrogen-bond donors (Lipinski definition) is 1. The first-order valence-corrected chi connectivity index (χ1v) is 12.7. The molecule has 2 aliphatic heterocycles. The van der Waals surface area contributed by atoms with E-state index in [0.717, 1.165) is 83.4 Å². The molecule has 1 aromatic carbocycles. The molecule has 0 spiro atoms. The van der Waals surface area contributed by atoms with Gasteiger partial charge in [0.2, 0.25) is 0 Å². The zero-order valence-electron chi connectivity index (χ0n) is 20.5. The summed E-state index contributed by atoms with van der Waals surface area (Å²) in [6.45, 7) is 10.1. The Morgan fingerprint density at radius 3 is 2.65 bits per heavy atom. The van der Waals surface area contributed by atoms with Gasteiger partial charge in [-0.05, 0) is 31.7 Å². The topological polar surface area (TPSA) is 61.6 Å². The van der Waals surface area contributed by atoms with Crippen molar-refractivity contribution in [3.63, 3.8) is 0 Å². The van der Waals surface area contributed by atoms with Crippen LogP contribution in [0.5, 0.6) is 0 Å². The Morgan fingerprint density at radius 1 is 1.03 bits per heavy atom. The standard InChI is InChI=1S/C26H39N7.HI/c1-2-27-26(28-16-9-15-25-30-29-24-14-7-4-8-18-33(24)25)32-21-19-31(20-22-32)17-10-13-23-11-5-3-6-12-23;/h3,5-6,10-13H,2,4,7-9,14-22H2,1H3,(H,27,28);1H/b13-10+;. The number of halogens is 1. The molecule has 8 heteroatoms. The first kappa shape index (κ1) is 26.7. The Bertz CT molecular complexity index is 901. The number of nitrogens with one attached hydrogen (secondary N) is 1. The minimum Gasteiger partial charge on any atom is -0.357 e. The molecule has 3 heterocycles. The average Bonchev–Trinajstić information content (AvgIpc) is 3.07. The van der Waals surface area contributed by atoms with Gasteiger partial charge in [0.15, 0.2) is 5.96 Å². The van der Waals surface area contributed by atoms with Crippen LogP contribution < -0.4 is 5.32 Å². The van der Waals surface area contributed by atoms with Crippen molar-refractivity contribution >= 4 is 36.0 Å². The molecule has 0 bridgehead atoms. The van der Waals surface area contributed by atoms with Gasteiger partial charge in [-0.3, -0.25) is 9.89 Å². The summed E-state index contributed by atoms with van der Waals surface area (Å²) in [5.74, 6) is 3.37. The lowest BCUT2D eigenvalue weighted by atomic mass is 10.2. The van der Waals surface area contributed by atoms with Crippen LogP contribution >= 0.6 is 24.0 Å². The smallest absolute Gasteiger partial charge is 0.194 e. The molecule has 4 rings (SSSR count). The predicted octanol–water partition coefficient (Wildman–Crippen LogP) is 3.85. The second kappa shape index (κ2) is 14.5. The van der Waals surface area contributed by atoms with E-state index in [1.165, 1.54) is 30.7 Å². The SMILES string of the molecule is CCNC(=NCCCc1nnc2n1CCCCC2)N1CCN(C/C=C/c2ccccc2)CC1.I. The summed E-state index contributed by atoms with van der Waals surface area (Å²) in [4.78, 5) is 9.85. The molecule has 0 saturated carbocycles. The minimum absolute atomic E-state index is 0. The van der Waals surface area contributed by atoms with Crippen molar-refractivity contribution in [2.75, 3.05) is 45.8 Å². The number of fused-ring (bicyclic) bond motifs is 1. The van der Waals surface area contributed by atoms with Gasteiger partial charge in [0, 0.05) is 65.2 Å². The van der Waals surface area contributed by atoms with E-state index in [2.05, 4.69) is 79.3 Å². The van der Waals surface area contributed by atoms with E-state index in [4.69, 9.17) is 4.99 Å². The molecule has 1 saturated heterocycles. The molecule has 0 unspecified atom stereocenters. The number of hydrogen-bond acceptors (Lipinski definition) is 4. The van der Waals surface area contributed by atoms with Gasteiger partial charge < -0.3 is 14.8 Å². The number of piperazine rings is 1. The molecule has 0 radical (unpaired) electrons. The summed E-state index contributed by atoms with van der Waals surface area (Å²) in [7, 11) is 0. The van der Waals surface area contributed by atoms with Crippen LogP contribution in [-0.4, -0.2) is 76.3 Å². The van der Waals surface area contributed by atoms with Crippen LogP contribution in [0.25, 0.3) is 6.08 Å². The van der Waals surface area contributed by atoms with Crippen molar-refractivity contribution in [1.29, 1.82) is 0 Å². The van der Waals surface area contributed by atoms with Crippen LogP contribution in [0.15, 0.2) is 41.4 Å². The highest BCUT2D eigenvalue weighted by Gasteiger charge is 2.19. The van der Waals surface area contributed by atoms with Gasteiger partial charge in [0.05, 0.1) is 0 Å². The third kappa shape index (κ3) is 7.80. The van der Waals surface area contributed by atoms with Crippen molar-refractivity contribution in [2.45, 2.75) is 52.0 Å². The number of benzene rings is 1. The minimum atomic E-state index is 0. The van der Waals surface area contributed by atoms with E-state index >= 15 is 0 Å². The second-order valence-electron chi connectivity index (χ2n) is 8.93. The molecule has 1 N–H and O–H groups in total. The molecular weight excluding hydrogens is 537 g/mol. The van der Waals surface area contributed by atoms with Crippen molar-refractivity contribution in [3.8, 4) is 0 Å². The van der Waals surface area contributed by atoms with Gasteiger partial charge in [-0.1, -0.05) is 48.9 Å². The number of guanidine groups is 1. The lowest BCUT2D eigenvalue weighted by molar-refractivity contribution is 0.194. The van der Waals surface area contributed by atoms with Crippen LogP contribution in [-0.2, 0) is 19.4 Å². The third-order valence-electron chi connectivity index (χ3n) is 6.49. The Morgan fingerprint density at radius 2 is 1.85 bits per heavy atom. The second-order valence-corrected chi connectivity index (χ2v) is 8.93. The predicted molar refractivity (Wildman–Crippen MR) is 151 cm³/mol. The molecule has 0 amide bonds. The maximum atomic E-state index is 4.94. The molecule has 186 valence electrons. The molecule has 1 aromatic heterocycles. The number of rotatable bonds is 8. The fourth-order valence-electron chi connectivity index (χ4n) is 4.62. The maximum Gasteiger partial charge on any atom is 0.194 e. The number of nitrogens with zero attached hydrogens (tertiary/aromatic N) is 6. The molecule has 0 atom stereocenters. The van der Waals surface area contributed by atoms with E-state index in [1.54, 1.807) is 0 Å². The van der Waals surface area contributed by atoms with Crippen LogP contribution in [0.2, 0.25) is 0 Å². The molecule has 2 aromatic rings. The number of aromatic nitrogens is 3. The van der Waals surface area contributed by atoms with E-state index in [9.17, 15) is 0 Å². The lowest BCUT2D eigenvalue weighted by Crippen LogP contribution is -2.52. The quantitative estimate of drug-likeness (QED) is 0.224. The van der Waals surface area contributed by atoms with Crippen molar-refractivity contribution < 1.29 is 0 Å². The first-order chi connectivity index (χ1) is 16.3. The van der Waals surface area contributed by atoms with Gasteiger partial charge in [-0.2, -0.15) is 0 Å². The van der Waals surface area contributed by atoms with Gasteiger partial charge in [-0.25, -0.2) is 0 Å². The van der Waals surface area contributed by atoms with Crippen molar-refractivity contribution in [1.82, 2.24) is 29.9 Å². The van der Waals surface area contributed by atoms with E-state index < -0.39 is 0 Å². The first-order valence-electron chi connectivity index (χ1n) is 12.7. The summed E-state index contributed by atoms with van der Waals surface area (Å²) < 4.78 is 2.35. The molecule has 0 aliphatic carbocycles. The number of aliphatic imine (C=N–C) groups is 1. The molecule has 34 heavy (non-hydrogen) atoms. The molecule has 1 fully saturated rings.